The molecule has 1 unspecified atom stereocenters. The highest BCUT2D eigenvalue weighted by atomic mass is 127. The van der Waals surface area contributed by atoms with Gasteiger partial charge in [-0.05, 0) is 39.2 Å². The SMILES string of the molecule is CN=C(NCc1ncc(C)c(OC)c1C)NC(C)CCc1ccccc1.I. The summed E-state index contributed by atoms with van der Waals surface area (Å²) in [7, 11) is 3.48. The van der Waals surface area contributed by atoms with Gasteiger partial charge in [0.15, 0.2) is 5.96 Å². The largest absolute Gasteiger partial charge is 0.496 e. The van der Waals surface area contributed by atoms with Gasteiger partial charge >= 0.3 is 0 Å². The van der Waals surface area contributed by atoms with E-state index in [1.54, 1.807) is 14.2 Å². The van der Waals surface area contributed by atoms with E-state index < -0.39 is 0 Å². The van der Waals surface area contributed by atoms with E-state index in [9.17, 15) is 0 Å². The minimum absolute atomic E-state index is 0. The van der Waals surface area contributed by atoms with Crippen LogP contribution in [0.25, 0.3) is 0 Å². The molecule has 2 rings (SSSR count). The van der Waals surface area contributed by atoms with Crippen molar-refractivity contribution in [1.29, 1.82) is 0 Å². The van der Waals surface area contributed by atoms with Crippen LogP contribution in [0.15, 0.2) is 41.5 Å². The Kier molecular flexibility index (Phi) is 10.1. The van der Waals surface area contributed by atoms with Crippen molar-refractivity contribution < 1.29 is 4.74 Å². The maximum absolute atomic E-state index is 5.47. The third-order valence-electron chi connectivity index (χ3n) is 4.49. The van der Waals surface area contributed by atoms with Crippen molar-refractivity contribution in [2.24, 2.45) is 4.99 Å². The highest BCUT2D eigenvalue weighted by Gasteiger charge is 2.11. The summed E-state index contributed by atoms with van der Waals surface area (Å²) >= 11 is 0. The molecule has 0 radical (unpaired) electrons. The van der Waals surface area contributed by atoms with E-state index in [-0.39, 0.29) is 24.0 Å². The van der Waals surface area contributed by atoms with Crippen LogP contribution in [0, 0.1) is 13.8 Å². The molecule has 0 amide bonds. The molecule has 2 N–H and O–H groups in total. The zero-order valence-corrected chi connectivity index (χ0v) is 19.2. The second-order valence-electron chi connectivity index (χ2n) is 6.54. The van der Waals surface area contributed by atoms with E-state index in [0.29, 0.717) is 12.6 Å². The summed E-state index contributed by atoms with van der Waals surface area (Å²) in [6.07, 6.45) is 3.93. The van der Waals surface area contributed by atoms with Crippen LogP contribution in [0.4, 0.5) is 0 Å². The van der Waals surface area contributed by atoms with Crippen molar-refractivity contribution in [2.45, 2.75) is 46.2 Å². The molecule has 6 heteroatoms. The lowest BCUT2D eigenvalue weighted by molar-refractivity contribution is 0.406. The topological polar surface area (TPSA) is 58.5 Å². The lowest BCUT2D eigenvalue weighted by atomic mass is 10.1. The van der Waals surface area contributed by atoms with Crippen molar-refractivity contribution in [3.63, 3.8) is 0 Å². The summed E-state index contributed by atoms with van der Waals surface area (Å²) in [6, 6.07) is 10.9. The molecule has 0 aliphatic heterocycles. The molecule has 0 spiro atoms. The minimum Gasteiger partial charge on any atom is -0.496 e. The van der Waals surface area contributed by atoms with Gasteiger partial charge in [0, 0.05) is 30.4 Å². The van der Waals surface area contributed by atoms with Gasteiger partial charge in [-0.2, -0.15) is 0 Å². The second kappa shape index (κ2) is 11.8. The Morgan fingerprint density at radius 2 is 1.93 bits per heavy atom. The first kappa shape index (κ1) is 23.2. The van der Waals surface area contributed by atoms with Gasteiger partial charge in [-0.3, -0.25) is 9.98 Å². The summed E-state index contributed by atoms with van der Waals surface area (Å²) in [4.78, 5) is 8.85. The lowest BCUT2D eigenvalue weighted by Gasteiger charge is -2.19. The number of ether oxygens (including phenoxy) is 1. The first-order chi connectivity index (χ1) is 12.5. The molecule has 0 aliphatic carbocycles. The number of methoxy groups -OCH3 is 1. The molecule has 1 aromatic heterocycles. The van der Waals surface area contributed by atoms with Gasteiger partial charge in [-0.15, -0.1) is 24.0 Å². The number of pyridine rings is 1. The third-order valence-corrected chi connectivity index (χ3v) is 4.49. The average Bonchev–Trinajstić information content (AvgIpc) is 2.66. The first-order valence-electron chi connectivity index (χ1n) is 9.05. The van der Waals surface area contributed by atoms with Crippen LogP contribution in [-0.4, -0.2) is 31.1 Å². The molecule has 27 heavy (non-hydrogen) atoms. The number of hydrogen-bond donors (Lipinski definition) is 2. The molecule has 0 saturated heterocycles. The van der Waals surface area contributed by atoms with Gasteiger partial charge < -0.3 is 15.4 Å². The summed E-state index contributed by atoms with van der Waals surface area (Å²) < 4.78 is 5.47. The van der Waals surface area contributed by atoms with Gasteiger partial charge in [-0.25, -0.2) is 0 Å². The normalized spacial score (nSPS) is 12.1. The van der Waals surface area contributed by atoms with E-state index in [2.05, 4.69) is 51.8 Å². The van der Waals surface area contributed by atoms with Crippen LogP contribution in [0.3, 0.4) is 0 Å². The number of aliphatic imine (C=N–C) groups is 1. The van der Waals surface area contributed by atoms with E-state index in [0.717, 1.165) is 41.4 Å². The fourth-order valence-corrected chi connectivity index (χ4v) is 2.94. The molecule has 2 aromatic rings. The number of halogens is 1. The Labute approximate surface area is 180 Å². The van der Waals surface area contributed by atoms with Crippen molar-refractivity contribution in [3.05, 3.63) is 58.9 Å². The van der Waals surface area contributed by atoms with Gasteiger partial charge in [0.25, 0.3) is 0 Å². The molecule has 0 fully saturated rings. The summed E-state index contributed by atoms with van der Waals surface area (Å²) in [5, 5.41) is 6.79. The molecule has 0 saturated carbocycles. The van der Waals surface area contributed by atoms with Crippen LogP contribution in [0.5, 0.6) is 5.75 Å². The molecule has 0 bridgehead atoms. The quantitative estimate of drug-likeness (QED) is 0.356. The van der Waals surface area contributed by atoms with Crippen LogP contribution >= 0.6 is 24.0 Å². The third kappa shape index (κ3) is 7.01. The fraction of sp³-hybridized carbons (Fsp3) is 0.429. The Bertz CT molecular complexity index is 734. The summed E-state index contributed by atoms with van der Waals surface area (Å²) in [5.74, 6) is 1.68. The summed E-state index contributed by atoms with van der Waals surface area (Å²) in [6.45, 7) is 6.82. The van der Waals surface area contributed by atoms with Crippen molar-refractivity contribution in [2.75, 3.05) is 14.2 Å². The number of nitrogens with one attached hydrogen (secondary N) is 2. The van der Waals surface area contributed by atoms with Crippen molar-refractivity contribution in [1.82, 2.24) is 15.6 Å². The summed E-state index contributed by atoms with van der Waals surface area (Å²) in [5.41, 5.74) is 4.43. The van der Waals surface area contributed by atoms with Crippen molar-refractivity contribution in [3.8, 4) is 5.75 Å². The van der Waals surface area contributed by atoms with E-state index in [1.807, 2.05) is 26.1 Å². The highest BCUT2D eigenvalue weighted by Crippen LogP contribution is 2.23. The van der Waals surface area contributed by atoms with Gasteiger partial charge in [0.05, 0.1) is 19.3 Å². The van der Waals surface area contributed by atoms with Gasteiger partial charge in [0.2, 0.25) is 0 Å². The second-order valence-corrected chi connectivity index (χ2v) is 6.54. The minimum atomic E-state index is 0. The average molecular weight is 482 g/mol. The van der Waals surface area contributed by atoms with Crippen molar-refractivity contribution >= 4 is 29.9 Å². The number of rotatable bonds is 7. The molecule has 1 atom stereocenters. The zero-order chi connectivity index (χ0) is 18.9. The van der Waals surface area contributed by atoms with Crippen LogP contribution < -0.4 is 15.4 Å². The van der Waals surface area contributed by atoms with Crippen LogP contribution in [0.1, 0.15) is 35.7 Å². The number of aryl methyl sites for hydroxylation is 2. The Hall–Kier alpha value is -1.83. The first-order valence-corrected chi connectivity index (χ1v) is 9.05. The molecule has 0 aliphatic rings. The Morgan fingerprint density at radius 3 is 2.56 bits per heavy atom. The standard InChI is InChI=1S/C21H30N4O.HI/c1-15-13-23-19(17(3)20(15)26-5)14-24-21(22-4)25-16(2)11-12-18-9-7-6-8-10-18;/h6-10,13,16H,11-12,14H2,1-5H3,(H2,22,24,25);1H. The number of hydrogen-bond acceptors (Lipinski definition) is 3. The Morgan fingerprint density at radius 1 is 1.22 bits per heavy atom. The molecular weight excluding hydrogens is 451 g/mol. The smallest absolute Gasteiger partial charge is 0.191 e. The van der Waals surface area contributed by atoms with E-state index in [4.69, 9.17) is 4.74 Å². The number of benzene rings is 1. The zero-order valence-electron chi connectivity index (χ0n) is 16.9. The molecule has 5 nitrogen and oxygen atoms in total. The van der Waals surface area contributed by atoms with E-state index in [1.165, 1.54) is 5.56 Å². The molecule has 148 valence electrons. The fourth-order valence-electron chi connectivity index (χ4n) is 2.94. The van der Waals surface area contributed by atoms with Crippen LogP contribution in [-0.2, 0) is 13.0 Å². The van der Waals surface area contributed by atoms with Gasteiger partial charge in [0.1, 0.15) is 5.75 Å². The molecule has 1 aromatic carbocycles. The monoisotopic (exact) mass is 482 g/mol. The Balaban J connectivity index is 0.00000364. The van der Waals surface area contributed by atoms with Gasteiger partial charge in [-0.1, -0.05) is 30.3 Å². The highest BCUT2D eigenvalue weighted by molar-refractivity contribution is 14.0. The molecule has 1 heterocycles. The predicted molar refractivity (Wildman–Crippen MR) is 123 cm³/mol. The number of nitrogens with zero attached hydrogens (tertiary/aromatic N) is 2. The van der Waals surface area contributed by atoms with E-state index >= 15 is 0 Å². The number of guanidine groups is 1. The maximum atomic E-state index is 5.47. The van der Waals surface area contributed by atoms with Crippen LogP contribution in [0.2, 0.25) is 0 Å². The predicted octanol–water partition coefficient (Wildman–Crippen LogP) is 4.01. The maximum Gasteiger partial charge on any atom is 0.191 e. The molecular formula is C21H31IN4O. The lowest BCUT2D eigenvalue weighted by Crippen LogP contribution is -2.42. The number of aromatic nitrogens is 1.